The van der Waals surface area contributed by atoms with Gasteiger partial charge in [0.2, 0.25) is 0 Å². The molecule has 4 rings (SSSR count). The number of nitrogens with one attached hydrogen (secondary N) is 1. The Morgan fingerprint density at radius 3 is 2.33 bits per heavy atom. The van der Waals surface area contributed by atoms with Gasteiger partial charge >= 0.3 is 0 Å². The number of benzene rings is 2. The second-order valence-electron chi connectivity index (χ2n) is 5.54. The number of rotatable bonds is 4. The van der Waals surface area contributed by atoms with E-state index in [2.05, 4.69) is 18.3 Å². The molecule has 1 N–H and O–H groups in total. The van der Waals surface area contributed by atoms with E-state index in [4.69, 9.17) is 9.97 Å². The van der Waals surface area contributed by atoms with Crippen LogP contribution in [0.25, 0.3) is 21.6 Å². The van der Waals surface area contributed by atoms with Gasteiger partial charge in [-0.1, -0.05) is 55.5 Å². The van der Waals surface area contributed by atoms with Crippen molar-refractivity contribution in [2.75, 3.05) is 5.32 Å². The number of aromatic nitrogens is 2. The molecule has 118 valence electrons. The number of para-hydroxylation sites is 1. The summed E-state index contributed by atoms with van der Waals surface area (Å²) < 4.78 is 0. The summed E-state index contributed by atoms with van der Waals surface area (Å²) in [4.78, 5) is 11.9. The van der Waals surface area contributed by atoms with Crippen LogP contribution in [0.3, 0.4) is 0 Å². The Balaban J connectivity index is 1.87. The van der Waals surface area contributed by atoms with Crippen molar-refractivity contribution in [3.05, 3.63) is 71.6 Å². The number of hydrogen-bond acceptors (Lipinski definition) is 4. The highest BCUT2D eigenvalue weighted by Gasteiger charge is 2.12. The van der Waals surface area contributed by atoms with E-state index in [-0.39, 0.29) is 0 Å². The van der Waals surface area contributed by atoms with E-state index in [1.54, 1.807) is 11.3 Å². The van der Waals surface area contributed by atoms with Crippen LogP contribution in [0, 0.1) is 0 Å². The van der Waals surface area contributed by atoms with Crippen LogP contribution in [-0.4, -0.2) is 9.97 Å². The highest BCUT2D eigenvalue weighted by Crippen LogP contribution is 2.33. The molecule has 0 saturated carbocycles. The predicted octanol–water partition coefficient (Wildman–Crippen LogP) is 5.66. The fourth-order valence-corrected chi connectivity index (χ4v) is 3.58. The molecule has 0 radical (unpaired) electrons. The van der Waals surface area contributed by atoms with Crippen LogP contribution in [0.2, 0.25) is 0 Å². The first-order valence-electron chi connectivity index (χ1n) is 8.01. The smallest absolute Gasteiger partial charge is 0.163 e. The molecule has 0 fully saturated rings. The van der Waals surface area contributed by atoms with Crippen molar-refractivity contribution in [2.24, 2.45) is 0 Å². The number of nitrogens with zero attached hydrogens (tertiary/aromatic N) is 2. The van der Waals surface area contributed by atoms with Crippen LogP contribution in [0.15, 0.2) is 66.7 Å². The van der Waals surface area contributed by atoms with E-state index in [0.29, 0.717) is 0 Å². The van der Waals surface area contributed by atoms with Gasteiger partial charge < -0.3 is 5.32 Å². The van der Waals surface area contributed by atoms with Gasteiger partial charge in [0.25, 0.3) is 0 Å². The van der Waals surface area contributed by atoms with Crippen molar-refractivity contribution in [3.63, 3.8) is 0 Å². The summed E-state index contributed by atoms with van der Waals surface area (Å²) >= 11 is 1.74. The first-order chi connectivity index (χ1) is 11.8. The van der Waals surface area contributed by atoms with Crippen molar-refractivity contribution in [1.82, 2.24) is 9.97 Å². The minimum absolute atomic E-state index is 0.756. The number of anilines is 2. The van der Waals surface area contributed by atoms with Gasteiger partial charge in [0.15, 0.2) is 5.82 Å². The van der Waals surface area contributed by atoms with Crippen molar-refractivity contribution in [1.29, 1.82) is 0 Å². The summed E-state index contributed by atoms with van der Waals surface area (Å²) in [5.74, 6) is 1.62. The molecular weight excluding hydrogens is 314 g/mol. The van der Waals surface area contributed by atoms with Crippen LogP contribution >= 0.6 is 11.3 Å². The first-order valence-corrected chi connectivity index (χ1v) is 8.83. The maximum Gasteiger partial charge on any atom is 0.163 e. The Labute approximate surface area is 145 Å². The average Bonchev–Trinajstić information content (AvgIpc) is 3.07. The Morgan fingerprint density at radius 2 is 1.62 bits per heavy atom. The molecule has 0 unspecified atom stereocenters. The lowest BCUT2D eigenvalue weighted by atomic mass is 10.2. The highest BCUT2D eigenvalue weighted by molar-refractivity contribution is 7.18. The fraction of sp³-hybridized carbons (Fsp3) is 0.100. The van der Waals surface area contributed by atoms with Crippen LogP contribution in [-0.2, 0) is 6.42 Å². The number of hydrogen-bond donors (Lipinski definition) is 1. The Hall–Kier alpha value is -2.72. The third kappa shape index (κ3) is 2.88. The molecular formula is C20H17N3S. The van der Waals surface area contributed by atoms with Crippen molar-refractivity contribution in [2.45, 2.75) is 13.3 Å². The molecule has 0 aliphatic carbocycles. The standard InChI is InChI=1S/C20H17N3S/c1-2-16-13-17-19(21-15-11-7-4-8-12-15)22-18(23-20(17)24-16)14-9-5-3-6-10-14/h3-13H,2H2,1H3,(H,21,22,23). The molecule has 0 spiro atoms. The molecule has 0 aliphatic rings. The van der Waals surface area contributed by atoms with E-state index < -0.39 is 0 Å². The van der Waals surface area contributed by atoms with E-state index in [0.717, 1.165) is 39.5 Å². The molecule has 0 atom stereocenters. The minimum atomic E-state index is 0.756. The Bertz CT molecular complexity index is 962. The van der Waals surface area contributed by atoms with Gasteiger partial charge in [0, 0.05) is 16.1 Å². The monoisotopic (exact) mass is 331 g/mol. The van der Waals surface area contributed by atoms with Gasteiger partial charge in [-0.15, -0.1) is 11.3 Å². The summed E-state index contributed by atoms with van der Waals surface area (Å²) in [7, 11) is 0. The van der Waals surface area contributed by atoms with Crippen molar-refractivity contribution in [3.8, 4) is 11.4 Å². The topological polar surface area (TPSA) is 37.8 Å². The van der Waals surface area contributed by atoms with Gasteiger partial charge in [-0.05, 0) is 24.6 Å². The molecule has 2 aromatic heterocycles. The minimum Gasteiger partial charge on any atom is -0.340 e. The van der Waals surface area contributed by atoms with Gasteiger partial charge in [-0.3, -0.25) is 0 Å². The predicted molar refractivity (Wildman–Crippen MR) is 102 cm³/mol. The Kier molecular flexibility index (Phi) is 3.97. The quantitative estimate of drug-likeness (QED) is 0.524. The summed E-state index contributed by atoms with van der Waals surface area (Å²) in [5.41, 5.74) is 2.06. The third-order valence-corrected chi connectivity index (χ3v) is 5.03. The first kappa shape index (κ1) is 14.8. The molecule has 24 heavy (non-hydrogen) atoms. The summed E-state index contributed by atoms with van der Waals surface area (Å²) in [6.45, 7) is 2.17. The zero-order valence-corrected chi connectivity index (χ0v) is 14.2. The van der Waals surface area contributed by atoms with Crippen LogP contribution in [0.1, 0.15) is 11.8 Å². The Morgan fingerprint density at radius 1 is 0.917 bits per heavy atom. The molecule has 3 nitrogen and oxygen atoms in total. The van der Waals surface area contributed by atoms with Gasteiger partial charge in [0.05, 0.1) is 5.39 Å². The molecule has 0 bridgehead atoms. The average molecular weight is 331 g/mol. The normalized spacial score (nSPS) is 10.9. The lowest BCUT2D eigenvalue weighted by Gasteiger charge is -2.09. The third-order valence-electron chi connectivity index (χ3n) is 3.86. The van der Waals surface area contributed by atoms with E-state index in [1.807, 2.05) is 60.7 Å². The molecule has 0 amide bonds. The molecule has 0 saturated heterocycles. The highest BCUT2D eigenvalue weighted by atomic mass is 32.1. The van der Waals surface area contributed by atoms with E-state index in [9.17, 15) is 0 Å². The second kappa shape index (κ2) is 6.42. The van der Waals surface area contributed by atoms with E-state index >= 15 is 0 Å². The van der Waals surface area contributed by atoms with E-state index in [1.165, 1.54) is 4.88 Å². The zero-order valence-electron chi connectivity index (χ0n) is 13.4. The molecule has 2 heterocycles. The molecule has 2 aromatic carbocycles. The lowest BCUT2D eigenvalue weighted by molar-refractivity contribution is 1.19. The summed E-state index contributed by atoms with van der Waals surface area (Å²) in [6, 6.07) is 22.4. The number of fused-ring (bicyclic) bond motifs is 1. The molecule has 4 heteroatoms. The SMILES string of the molecule is CCc1cc2c(Nc3ccccc3)nc(-c3ccccc3)nc2s1. The van der Waals surface area contributed by atoms with Gasteiger partial charge in [0.1, 0.15) is 10.6 Å². The fourth-order valence-electron chi connectivity index (χ4n) is 2.62. The largest absolute Gasteiger partial charge is 0.340 e. The zero-order chi connectivity index (χ0) is 16.4. The van der Waals surface area contributed by atoms with Gasteiger partial charge in [-0.2, -0.15) is 0 Å². The summed E-state index contributed by atoms with van der Waals surface area (Å²) in [5, 5.41) is 4.53. The second-order valence-corrected chi connectivity index (χ2v) is 6.65. The van der Waals surface area contributed by atoms with Crippen LogP contribution < -0.4 is 5.32 Å². The van der Waals surface area contributed by atoms with Gasteiger partial charge in [-0.25, -0.2) is 9.97 Å². The maximum absolute atomic E-state index is 4.80. The number of aryl methyl sites for hydroxylation is 1. The lowest BCUT2D eigenvalue weighted by Crippen LogP contribution is -1.97. The van der Waals surface area contributed by atoms with Crippen molar-refractivity contribution >= 4 is 33.1 Å². The van der Waals surface area contributed by atoms with Crippen LogP contribution in [0.5, 0.6) is 0 Å². The van der Waals surface area contributed by atoms with Crippen LogP contribution in [0.4, 0.5) is 11.5 Å². The maximum atomic E-state index is 4.80. The molecule has 0 aliphatic heterocycles. The molecule has 4 aromatic rings. The number of thiophene rings is 1. The summed E-state index contributed by atoms with van der Waals surface area (Å²) in [6.07, 6.45) is 1.01. The van der Waals surface area contributed by atoms with Crippen molar-refractivity contribution < 1.29 is 0 Å².